The molecule has 0 spiro atoms. The second-order valence-corrected chi connectivity index (χ2v) is 4.84. The molecule has 5 heteroatoms. The molecule has 0 atom stereocenters. The fourth-order valence-electron chi connectivity index (χ4n) is 2.35. The number of morpholine rings is 1. The monoisotopic (exact) mass is 242 g/mol. The van der Waals surface area contributed by atoms with Crippen molar-refractivity contribution in [1.29, 1.82) is 0 Å². The summed E-state index contributed by atoms with van der Waals surface area (Å²) in [4.78, 5) is 13.6. The van der Waals surface area contributed by atoms with Crippen LogP contribution in [0.25, 0.3) is 0 Å². The lowest BCUT2D eigenvalue weighted by Crippen LogP contribution is -2.43. The lowest BCUT2D eigenvalue weighted by molar-refractivity contribution is -0.142. The minimum Gasteiger partial charge on any atom is -0.378 e. The molecular weight excluding hydrogens is 220 g/mol. The van der Waals surface area contributed by atoms with Gasteiger partial charge in [-0.3, -0.25) is 4.79 Å². The molecule has 1 saturated heterocycles. The first kappa shape index (κ1) is 12.8. The zero-order chi connectivity index (χ0) is 12.1. The third-order valence-electron chi connectivity index (χ3n) is 3.53. The van der Waals surface area contributed by atoms with Crippen LogP contribution in [-0.2, 0) is 14.3 Å². The highest BCUT2D eigenvalue weighted by Gasteiger charge is 2.22. The van der Waals surface area contributed by atoms with Crippen LogP contribution in [0.15, 0.2) is 0 Å². The maximum atomic E-state index is 11.8. The van der Waals surface area contributed by atoms with Crippen molar-refractivity contribution < 1.29 is 14.3 Å². The minimum absolute atomic E-state index is 0.0863. The second-order valence-electron chi connectivity index (χ2n) is 4.84. The van der Waals surface area contributed by atoms with Crippen LogP contribution in [0, 0.1) is 0 Å². The van der Waals surface area contributed by atoms with Crippen LogP contribution in [-0.4, -0.2) is 55.9 Å². The van der Waals surface area contributed by atoms with Gasteiger partial charge in [0.15, 0.2) is 0 Å². The predicted molar refractivity (Wildman–Crippen MR) is 63.6 cm³/mol. The van der Waals surface area contributed by atoms with E-state index in [9.17, 15) is 4.79 Å². The fourth-order valence-corrected chi connectivity index (χ4v) is 2.35. The normalized spacial score (nSPS) is 30.3. The van der Waals surface area contributed by atoms with Crippen molar-refractivity contribution in [1.82, 2.24) is 4.90 Å². The molecule has 0 unspecified atom stereocenters. The molecule has 2 fully saturated rings. The van der Waals surface area contributed by atoms with E-state index < -0.39 is 0 Å². The Kier molecular flexibility index (Phi) is 4.76. The zero-order valence-corrected chi connectivity index (χ0v) is 10.3. The van der Waals surface area contributed by atoms with Gasteiger partial charge in [-0.1, -0.05) is 0 Å². The minimum atomic E-state index is 0.0863. The molecule has 0 bridgehead atoms. The van der Waals surface area contributed by atoms with Gasteiger partial charge in [-0.25, -0.2) is 0 Å². The van der Waals surface area contributed by atoms with Crippen LogP contribution >= 0.6 is 0 Å². The second kappa shape index (κ2) is 6.33. The molecule has 0 aromatic heterocycles. The van der Waals surface area contributed by atoms with E-state index in [1.165, 1.54) is 0 Å². The molecule has 0 radical (unpaired) electrons. The standard InChI is InChI=1S/C12H22N2O3/c13-10-1-3-11(4-2-10)17-9-12(15)14-5-7-16-8-6-14/h10-11H,1-9,13H2. The molecule has 2 rings (SSSR count). The van der Waals surface area contributed by atoms with E-state index in [1.54, 1.807) is 0 Å². The average Bonchev–Trinajstić information content (AvgIpc) is 2.39. The van der Waals surface area contributed by atoms with Crippen LogP contribution < -0.4 is 5.73 Å². The molecule has 1 amide bonds. The average molecular weight is 242 g/mol. The summed E-state index contributed by atoms with van der Waals surface area (Å²) < 4.78 is 10.9. The van der Waals surface area contributed by atoms with Gasteiger partial charge in [0.2, 0.25) is 5.91 Å². The van der Waals surface area contributed by atoms with Crippen LogP contribution in [0.1, 0.15) is 25.7 Å². The van der Waals surface area contributed by atoms with Gasteiger partial charge in [0.1, 0.15) is 6.61 Å². The summed E-state index contributed by atoms with van der Waals surface area (Å²) in [5, 5.41) is 0. The van der Waals surface area contributed by atoms with Gasteiger partial charge >= 0.3 is 0 Å². The Labute approximate surface area is 102 Å². The van der Waals surface area contributed by atoms with Gasteiger partial charge in [0.25, 0.3) is 0 Å². The Balaban J connectivity index is 1.65. The third kappa shape index (κ3) is 3.94. The highest BCUT2D eigenvalue weighted by atomic mass is 16.5. The number of rotatable bonds is 3. The molecule has 1 heterocycles. The highest BCUT2D eigenvalue weighted by Crippen LogP contribution is 2.19. The summed E-state index contributed by atoms with van der Waals surface area (Å²) in [5.74, 6) is 0.0863. The number of nitrogens with zero attached hydrogens (tertiary/aromatic N) is 1. The van der Waals surface area contributed by atoms with Gasteiger partial charge in [-0.15, -0.1) is 0 Å². The van der Waals surface area contributed by atoms with Gasteiger partial charge in [0, 0.05) is 19.1 Å². The molecule has 2 aliphatic rings. The van der Waals surface area contributed by atoms with Gasteiger partial charge in [-0.05, 0) is 25.7 Å². The highest BCUT2D eigenvalue weighted by molar-refractivity contribution is 5.77. The van der Waals surface area contributed by atoms with E-state index in [0.717, 1.165) is 25.7 Å². The number of ether oxygens (including phenoxy) is 2. The predicted octanol–water partition coefficient (Wildman–Crippen LogP) is 0.132. The van der Waals surface area contributed by atoms with Gasteiger partial charge < -0.3 is 20.1 Å². The molecule has 0 aromatic rings. The Hall–Kier alpha value is -0.650. The topological polar surface area (TPSA) is 64.8 Å². The molecule has 17 heavy (non-hydrogen) atoms. The van der Waals surface area contributed by atoms with Gasteiger partial charge in [0.05, 0.1) is 19.3 Å². The number of hydrogen-bond donors (Lipinski definition) is 1. The van der Waals surface area contributed by atoms with E-state index in [0.29, 0.717) is 32.3 Å². The van der Waals surface area contributed by atoms with Crippen molar-refractivity contribution in [2.24, 2.45) is 5.73 Å². The van der Waals surface area contributed by atoms with Crippen LogP contribution in [0.4, 0.5) is 0 Å². The Morgan fingerprint density at radius 1 is 1.24 bits per heavy atom. The molecule has 5 nitrogen and oxygen atoms in total. The summed E-state index contributed by atoms with van der Waals surface area (Å²) >= 11 is 0. The van der Waals surface area contributed by atoms with Crippen molar-refractivity contribution in [2.45, 2.75) is 37.8 Å². The maximum Gasteiger partial charge on any atom is 0.248 e. The Morgan fingerprint density at radius 3 is 2.53 bits per heavy atom. The van der Waals surface area contributed by atoms with Crippen molar-refractivity contribution in [3.8, 4) is 0 Å². The van der Waals surface area contributed by atoms with Crippen LogP contribution in [0.3, 0.4) is 0 Å². The number of carbonyl (C=O) groups excluding carboxylic acids is 1. The van der Waals surface area contributed by atoms with Crippen molar-refractivity contribution in [2.75, 3.05) is 32.9 Å². The van der Waals surface area contributed by atoms with Gasteiger partial charge in [-0.2, -0.15) is 0 Å². The SMILES string of the molecule is NC1CCC(OCC(=O)N2CCOCC2)CC1. The van der Waals surface area contributed by atoms with Crippen LogP contribution in [0.5, 0.6) is 0 Å². The van der Waals surface area contributed by atoms with E-state index in [2.05, 4.69) is 0 Å². The number of hydrogen-bond acceptors (Lipinski definition) is 4. The number of carbonyl (C=O) groups is 1. The maximum absolute atomic E-state index is 11.8. The molecule has 1 aliphatic carbocycles. The molecule has 2 N–H and O–H groups in total. The smallest absolute Gasteiger partial charge is 0.248 e. The molecule has 98 valence electrons. The first-order valence-electron chi connectivity index (χ1n) is 6.48. The van der Waals surface area contributed by atoms with E-state index in [-0.39, 0.29) is 18.6 Å². The summed E-state index contributed by atoms with van der Waals surface area (Å²) in [6.45, 7) is 2.88. The van der Waals surface area contributed by atoms with Crippen molar-refractivity contribution in [3.63, 3.8) is 0 Å². The largest absolute Gasteiger partial charge is 0.378 e. The summed E-state index contributed by atoms with van der Waals surface area (Å²) in [7, 11) is 0. The molecular formula is C12H22N2O3. The first-order chi connectivity index (χ1) is 8.25. The van der Waals surface area contributed by atoms with Crippen molar-refractivity contribution >= 4 is 5.91 Å². The summed E-state index contributed by atoms with van der Waals surface area (Å²) in [6.07, 6.45) is 4.21. The van der Waals surface area contributed by atoms with Crippen LogP contribution in [0.2, 0.25) is 0 Å². The van der Waals surface area contributed by atoms with E-state index in [1.807, 2.05) is 4.90 Å². The lowest BCUT2D eigenvalue weighted by atomic mass is 9.94. The third-order valence-corrected chi connectivity index (χ3v) is 3.53. The molecule has 1 saturated carbocycles. The molecule has 0 aromatic carbocycles. The molecule has 1 aliphatic heterocycles. The first-order valence-corrected chi connectivity index (χ1v) is 6.48. The van der Waals surface area contributed by atoms with E-state index in [4.69, 9.17) is 15.2 Å². The van der Waals surface area contributed by atoms with Crippen molar-refractivity contribution in [3.05, 3.63) is 0 Å². The number of nitrogens with two attached hydrogens (primary N) is 1. The lowest BCUT2D eigenvalue weighted by Gasteiger charge is -2.29. The summed E-state index contributed by atoms with van der Waals surface area (Å²) in [5.41, 5.74) is 5.83. The quantitative estimate of drug-likeness (QED) is 0.764. The fraction of sp³-hybridized carbons (Fsp3) is 0.917. The zero-order valence-electron chi connectivity index (χ0n) is 10.3. The Bertz CT molecular complexity index is 246. The Morgan fingerprint density at radius 2 is 1.88 bits per heavy atom. The summed E-state index contributed by atoms with van der Waals surface area (Å²) in [6, 6.07) is 0.324. The van der Waals surface area contributed by atoms with E-state index >= 15 is 0 Å². The number of amides is 1.